The van der Waals surface area contributed by atoms with Crippen molar-refractivity contribution in [1.82, 2.24) is 14.5 Å². The molecule has 1 fully saturated rings. The maximum absolute atomic E-state index is 12.5. The highest BCUT2D eigenvalue weighted by Crippen LogP contribution is 2.43. The molecule has 2 atom stereocenters. The van der Waals surface area contributed by atoms with Gasteiger partial charge in [-0.1, -0.05) is 13.8 Å². The topological polar surface area (TPSA) is 99.2 Å². The summed E-state index contributed by atoms with van der Waals surface area (Å²) < 4.78 is 34.5. The van der Waals surface area contributed by atoms with E-state index in [9.17, 15) is 8.42 Å². The third-order valence-corrected chi connectivity index (χ3v) is 5.97. The van der Waals surface area contributed by atoms with Crippen LogP contribution in [0.4, 0.5) is 5.82 Å². The van der Waals surface area contributed by atoms with Gasteiger partial charge in [0.2, 0.25) is 10.0 Å². The zero-order valence-electron chi connectivity index (χ0n) is 12.5. The molecule has 0 aromatic carbocycles. The molecule has 0 spiro atoms. The molecule has 114 valence electrons. The highest BCUT2D eigenvalue weighted by Gasteiger charge is 2.50. The number of methoxy groups -OCH3 is 1. The minimum Gasteiger partial charge on any atom is -0.381 e. The van der Waals surface area contributed by atoms with Crippen LogP contribution in [0, 0.1) is 12.3 Å². The largest absolute Gasteiger partial charge is 0.381 e. The van der Waals surface area contributed by atoms with E-state index in [4.69, 9.17) is 10.5 Å². The molecule has 1 aliphatic rings. The van der Waals surface area contributed by atoms with Gasteiger partial charge in [0.1, 0.15) is 4.90 Å². The number of nitrogens with two attached hydrogens (primary N) is 1. The summed E-state index contributed by atoms with van der Waals surface area (Å²) in [5.41, 5.74) is 5.99. The van der Waals surface area contributed by atoms with E-state index in [0.717, 1.165) is 0 Å². The van der Waals surface area contributed by atoms with Crippen LogP contribution in [0.3, 0.4) is 0 Å². The molecule has 1 heterocycles. The van der Waals surface area contributed by atoms with Crippen molar-refractivity contribution in [2.24, 2.45) is 12.5 Å². The average Bonchev–Trinajstić information content (AvgIpc) is 2.58. The van der Waals surface area contributed by atoms with Gasteiger partial charge in [0, 0.05) is 25.6 Å². The normalized spacial score (nSPS) is 25.4. The van der Waals surface area contributed by atoms with E-state index in [1.807, 2.05) is 13.8 Å². The van der Waals surface area contributed by atoms with Crippen LogP contribution in [0.2, 0.25) is 0 Å². The van der Waals surface area contributed by atoms with E-state index >= 15 is 0 Å². The zero-order chi connectivity index (χ0) is 15.3. The fourth-order valence-corrected chi connectivity index (χ4v) is 4.41. The summed E-state index contributed by atoms with van der Waals surface area (Å²) in [6, 6.07) is -0.170. The van der Waals surface area contributed by atoms with Crippen LogP contribution in [0.5, 0.6) is 0 Å². The van der Waals surface area contributed by atoms with Gasteiger partial charge >= 0.3 is 0 Å². The minimum absolute atomic E-state index is 0.0259. The quantitative estimate of drug-likeness (QED) is 0.839. The highest BCUT2D eigenvalue weighted by molar-refractivity contribution is 7.89. The summed E-state index contributed by atoms with van der Waals surface area (Å²) in [5, 5.41) is 3.95. The van der Waals surface area contributed by atoms with Gasteiger partial charge in [-0.15, -0.1) is 0 Å². The van der Waals surface area contributed by atoms with Crippen LogP contribution in [0.25, 0.3) is 0 Å². The lowest BCUT2D eigenvalue weighted by Gasteiger charge is -2.50. The van der Waals surface area contributed by atoms with Crippen molar-refractivity contribution in [2.75, 3.05) is 12.8 Å². The number of ether oxygens (including phenoxy) is 1. The summed E-state index contributed by atoms with van der Waals surface area (Å²) in [7, 11) is -0.373. The molecule has 1 aliphatic carbocycles. The standard InChI is InChI=1S/C12H22N4O3S/c1-7-10(11(13)14-16(7)4)20(17,18)15-8-6-9(19-5)12(8,2)3/h8-9,15H,6H2,1-5H3,(H2,13,14). The lowest BCUT2D eigenvalue weighted by Crippen LogP contribution is -2.61. The van der Waals surface area contributed by atoms with Crippen LogP contribution in [0.1, 0.15) is 26.0 Å². The van der Waals surface area contributed by atoms with Crippen molar-refractivity contribution in [3.8, 4) is 0 Å². The number of anilines is 1. The number of nitrogens with zero attached hydrogens (tertiary/aromatic N) is 2. The second kappa shape index (κ2) is 4.71. The van der Waals surface area contributed by atoms with Gasteiger partial charge in [-0.2, -0.15) is 5.10 Å². The molecule has 0 radical (unpaired) electrons. The molecule has 20 heavy (non-hydrogen) atoms. The summed E-state index contributed by atoms with van der Waals surface area (Å²) in [5.74, 6) is 0.0259. The summed E-state index contributed by atoms with van der Waals surface area (Å²) >= 11 is 0. The monoisotopic (exact) mass is 302 g/mol. The third-order valence-electron chi connectivity index (χ3n) is 4.33. The van der Waals surface area contributed by atoms with Crippen LogP contribution < -0.4 is 10.5 Å². The SMILES string of the molecule is COC1CC(NS(=O)(=O)c2c(N)nn(C)c2C)C1(C)C. The number of aryl methyl sites for hydroxylation is 1. The number of hydrogen-bond acceptors (Lipinski definition) is 5. The van der Waals surface area contributed by atoms with Crippen molar-refractivity contribution in [1.29, 1.82) is 0 Å². The number of nitrogens with one attached hydrogen (secondary N) is 1. The second-order valence-corrected chi connectivity index (χ2v) is 7.53. The molecular formula is C12H22N4O3S. The Hall–Kier alpha value is -1.12. The predicted molar refractivity (Wildman–Crippen MR) is 75.7 cm³/mol. The van der Waals surface area contributed by atoms with E-state index in [-0.39, 0.29) is 28.3 Å². The first kappa shape index (κ1) is 15.3. The molecule has 0 saturated heterocycles. The molecule has 1 saturated carbocycles. The molecule has 0 amide bonds. The van der Waals surface area contributed by atoms with E-state index in [1.54, 1.807) is 21.1 Å². The first-order valence-electron chi connectivity index (χ1n) is 6.45. The van der Waals surface area contributed by atoms with Gasteiger partial charge in [0.25, 0.3) is 0 Å². The molecule has 2 unspecified atom stereocenters. The van der Waals surface area contributed by atoms with E-state index in [2.05, 4.69) is 9.82 Å². The Balaban J connectivity index is 2.26. The first-order chi connectivity index (χ1) is 9.11. The smallest absolute Gasteiger partial charge is 0.246 e. The molecule has 0 aliphatic heterocycles. The second-order valence-electron chi connectivity index (χ2n) is 5.88. The van der Waals surface area contributed by atoms with Crippen molar-refractivity contribution in [2.45, 2.75) is 44.2 Å². The third kappa shape index (κ3) is 2.21. The molecular weight excluding hydrogens is 280 g/mol. The molecule has 8 heteroatoms. The maximum Gasteiger partial charge on any atom is 0.246 e. The molecule has 1 aromatic rings. The lowest BCUT2D eigenvalue weighted by atomic mass is 9.65. The van der Waals surface area contributed by atoms with Crippen molar-refractivity contribution in [3.63, 3.8) is 0 Å². The zero-order valence-corrected chi connectivity index (χ0v) is 13.3. The van der Waals surface area contributed by atoms with Crippen LogP contribution in [-0.2, 0) is 21.8 Å². The highest BCUT2D eigenvalue weighted by atomic mass is 32.2. The number of sulfonamides is 1. The summed E-state index contributed by atoms with van der Waals surface area (Å²) in [6.07, 6.45) is 0.713. The Morgan fingerprint density at radius 2 is 2.10 bits per heavy atom. The van der Waals surface area contributed by atoms with Gasteiger partial charge in [0.05, 0.1) is 11.8 Å². The number of hydrogen-bond donors (Lipinski definition) is 2. The Morgan fingerprint density at radius 1 is 1.50 bits per heavy atom. The molecule has 2 rings (SSSR count). The van der Waals surface area contributed by atoms with Crippen molar-refractivity contribution in [3.05, 3.63) is 5.69 Å². The Morgan fingerprint density at radius 3 is 2.50 bits per heavy atom. The van der Waals surface area contributed by atoms with Crippen LogP contribution in [0.15, 0.2) is 4.90 Å². The van der Waals surface area contributed by atoms with E-state index in [0.29, 0.717) is 12.1 Å². The Kier molecular flexibility index (Phi) is 3.60. The minimum atomic E-state index is -3.68. The van der Waals surface area contributed by atoms with Gasteiger partial charge in [-0.25, -0.2) is 13.1 Å². The van der Waals surface area contributed by atoms with Crippen LogP contribution >= 0.6 is 0 Å². The van der Waals surface area contributed by atoms with Gasteiger partial charge in [-0.3, -0.25) is 4.68 Å². The lowest BCUT2D eigenvalue weighted by molar-refractivity contribution is -0.0908. The fraction of sp³-hybridized carbons (Fsp3) is 0.750. The number of rotatable bonds is 4. The summed E-state index contributed by atoms with van der Waals surface area (Å²) in [4.78, 5) is 0.0664. The predicted octanol–water partition coefficient (Wildman–Crippen LogP) is 0.403. The Bertz CT molecular complexity index is 621. The van der Waals surface area contributed by atoms with Gasteiger partial charge in [-0.05, 0) is 13.3 Å². The van der Waals surface area contributed by atoms with Gasteiger partial charge < -0.3 is 10.5 Å². The molecule has 3 N–H and O–H groups in total. The first-order valence-corrected chi connectivity index (χ1v) is 7.93. The number of nitrogen functional groups attached to an aromatic ring is 1. The molecule has 7 nitrogen and oxygen atoms in total. The van der Waals surface area contributed by atoms with Crippen LogP contribution in [-0.4, -0.2) is 37.5 Å². The Labute approximate surface area is 119 Å². The number of aromatic nitrogens is 2. The van der Waals surface area contributed by atoms with Crippen molar-refractivity contribution < 1.29 is 13.2 Å². The van der Waals surface area contributed by atoms with E-state index < -0.39 is 10.0 Å². The average molecular weight is 302 g/mol. The van der Waals surface area contributed by atoms with Gasteiger partial charge in [0.15, 0.2) is 5.82 Å². The molecule has 1 aromatic heterocycles. The maximum atomic E-state index is 12.5. The fourth-order valence-electron chi connectivity index (χ4n) is 2.68. The molecule has 0 bridgehead atoms. The van der Waals surface area contributed by atoms with E-state index in [1.165, 1.54) is 4.68 Å². The van der Waals surface area contributed by atoms with Crippen molar-refractivity contribution >= 4 is 15.8 Å². The summed E-state index contributed by atoms with van der Waals surface area (Å²) in [6.45, 7) is 5.65.